The van der Waals surface area contributed by atoms with Crippen LogP contribution in [0.4, 0.5) is 10.5 Å². The highest BCUT2D eigenvalue weighted by molar-refractivity contribution is 6.10. The zero-order valence-electron chi connectivity index (χ0n) is 15.4. The van der Waals surface area contributed by atoms with Crippen molar-refractivity contribution in [2.45, 2.75) is 12.5 Å². The summed E-state index contributed by atoms with van der Waals surface area (Å²) in [7, 11) is 1.53. The Bertz CT molecular complexity index is 980. The molecule has 0 spiro atoms. The van der Waals surface area contributed by atoms with E-state index in [1.54, 1.807) is 49.4 Å². The molecule has 8 heteroatoms. The maximum atomic E-state index is 12.9. The molecule has 1 saturated heterocycles. The summed E-state index contributed by atoms with van der Waals surface area (Å²) in [6.07, 6.45) is 0. The summed E-state index contributed by atoms with van der Waals surface area (Å²) in [5, 5.41) is 14.1. The molecular weight excluding hydrogens is 360 g/mol. The lowest BCUT2D eigenvalue weighted by Crippen LogP contribution is -2.42. The van der Waals surface area contributed by atoms with Gasteiger partial charge in [-0.2, -0.15) is 5.26 Å². The maximum absolute atomic E-state index is 12.9. The van der Waals surface area contributed by atoms with E-state index in [1.807, 2.05) is 6.07 Å². The first-order valence-corrected chi connectivity index (χ1v) is 8.46. The number of amides is 4. The fourth-order valence-corrected chi connectivity index (χ4v) is 2.97. The van der Waals surface area contributed by atoms with E-state index in [-0.39, 0.29) is 0 Å². The minimum Gasteiger partial charge on any atom is -0.497 e. The lowest BCUT2D eigenvalue weighted by atomic mass is 9.92. The summed E-state index contributed by atoms with van der Waals surface area (Å²) in [4.78, 5) is 38.4. The summed E-state index contributed by atoms with van der Waals surface area (Å²) in [6.45, 7) is 1.15. The zero-order valence-corrected chi connectivity index (χ0v) is 15.4. The van der Waals surface area contributed by atoms with Crippen LogP contribution in [-0.4, -0.2) is 36.4 Å². The molecule has 28 heavy (non-hydrogen) atoms. The number of carbonyl (C=O) groups excluding carboxylic acids is 3. The van der Waals surface area contributed by atoms with Crippen molar-refractivity contribution in [2.24, 2.45) is 0 Å². The summed E-state index contributed by atoms with van der Waals surface area (Å²) in [6, 6.07) is 14.4. The van der Waals surface area contributed by atoms with Gasteiger partial charge < -0.3 is 15.4 Å². The Morgan fingerprint density at radius 1 is 1.25 bits per heavy atom. The number of nitriles is 1. The molecule has 8 nitrogen and oxygen atoms in total. The van der Waals surface area contributed by atoms with E-state index < -0.39 is 29.9 Å². The quantitative estimate of drug-likeness (QED) is 0.773. The van der Waals surface area contributed by atoms with Gasteiger partial charge in [-0.1, -0.05) is 18.2 Å². The predicted molar refractivity (Wildman–Crippen MR) is 100 cm³/mol. The van der Waals surface area contributed by atoms with Crippen molar-refractivity contribution in [1.29, 1.82) is 5.26 Å². The van der Waals surface area contributed by atoms with E-state index in [0.29, 0.717) is 22.6 Å². The highest BCUT2D eigenvalue weighted by Crippen LogP contribution is 2.30. The topological polar surface area (TPSA) is 112 Å². The van der Waals surface area contributed by atoms with E-state index in [9.17, 15) is 14.4 Å². The number of hydrogen-bond donors (Lipinski definition) is 2. The van der Waals surface area contributed by atoms with Crippen LogP contribution in [-0.2, 0) is 15.1 Å². The second-order valence-electron chi connectivity index (χ2n) is 6.42. The molecule has 1 unspecified atom stereocenters. The van der Waals surface area contributed by atoms with Gasteiger partial charge in [0, 0.05) is 5.69 Å². The largest absolute Gasteiger partial charge is 0.497 e. The third-order valence-electron chi connectivity index (χ3n) is 4.52. The third-order valence-corrected chi connectivity index (χ3v) is 4.52. The molecule has 1 fully saturated rings. The molecule has 0 saturated carbocycles. The number of carbonyl (C=O) groups is 3. The third kappa shape index (κ3) is 3.50. The van der Waals surface area contributed by atoms with Gasteiger partial charge in [0.25, 0.3) is 5.91 Å². The first kappa shape index (κ1) is 18.9. The minimum absolute atomic E-state index is 0.389. The average Bonchev–Trinajstić information content (AvgIpc) is 2.92. The van der Waals surface area contributed by atoms with Crippen molar-refractivity contribution in [3.8, 4) is 11.8 Å². The van der Waals surface area contributed by atoms with Crippen molar-refractivity contribution >= 4 is 23.5 Å². The number of nitrogens with zero attached hydrogens (tertiary/aromatic N) is 2. The first-order chi connectivity index (χ1) is 13.4. The number of nitrogens with one attached hydrogen (secondary N) is 2. The van der Waals surface area contributed by atoms with E-state index in [0.717, 1.165) is 4.90 Å². The second kappa shape index (κ2) is 7.40. The second-order valence-corrected chi connectivity index (χ2v) is 6.42. The molecule has 2 aromatic carbocycles. The van der Waals surface area contributed by atoms with Crippen LogP contribution < -0.4 is 15.4 Å². The van der Waals surface area contributed by atoms with Gasteiger partial charge in [-0.25, -0.2) is 4.79 Å². The molecule has 2 N–H and O–H groups in total. The van der Waals surface area contributed by atoms with Crippen LogP contribution in [0.3, 0.4) is 0 Å². The Kier molecular flexibility index (Phi) is 5.00. The van der Waals surface area contributed by atoms with Gasteiger partial charge in [-0.05, 0) is 42.8 Å². The van der Waals surface area contributed by atoms with Crippen LogP contribution in [0.2, 0.25) is 0 Å². The summed E-state index contributed by atoms with van der Waals surface area (Å²) in [5.41, 5.74) is 0.106. The number of anilines is 1. The van der Waals surface area contributed by atoms with Crippen molar-refractivity contribution in [3.05, 3.63) is 59.7 Å². The molecule has 0 aromatic heterocycles. The number of rotatable bonds is 5. The van der Waals surface area contributed by atoms with Gasteiger partial charge in [0.05, 0.1) is 18.7 Å². The van der Waals surface area contributed by atoms with E-state index in [2.05, 4.69) is 10.6 Å². The molecule has 1 aliphatic rings. The lowest BCUT2D eigenvalue weighted by molar-refractivity contribution is -0.133. The van der Waals surface area contributed by atoms with Crippen molar-refractivity contribution in [3.63, 3.8) is 0 Å². The molecule has 1 heterocycles. The molecule has 1 aliphatic heterocycles. The average molecular weight is 378 g/mol. The fourth-order valence-electron chi connectivity index (χ4n) is 2.97. The molecule has 0 radical (unpaired) electrons. The molecule has 3 rings (SSSR count). The van der Waals surface area contributed by atoms with Gasteiger partial charge in [0.15, 0.2) is 0 Å². The molecule has 4 amide bonds. The Labute approximate surface area is 161 Å². The monoisotopic (exact) mass is 378 g/mol. The molecule has 142 valence electrons. The van der Waals surface area contributed by atoms with Crippen LogP contribution in [0, 0.1) is 11.3 Å². The number of imide groups is 1. The number of ether oxygens (including phenoxy) is 1. The van der Waals surface area contributed by atoms with E-state index in [4.69, 9.17) is 10.00 Å². The van der Waals surface area contributed by atoms with Gasteiger partial charge in [0.2, 0.25) is 5.91 Å². The summed E-state index contributed by atoms with van der Waals surface area (Å²) in [5.74, 6) is -0.443. The first-order valence-electron chi connectivity index (χ1n) is 8.46. The van der Waals surface area contributed by atoms with Crippen LogP contribution >= 0.6 is 0 Å². The van der Waals surface area contributed by atoms with Gasteiger partial charge >= 0.3 is 6.03 Å². The molecule has 2 aromatic rings. The lowest BCUT2D eigenvalue weighted by Gasteiger charge is -2.22. The smallest absolute Gasteiger partial charge is 0.325 e. The molecule has 1 atom stereocenters. The Morgan fingerprint density at radius 2 is 1.96 bits per heavy atom. The standard InChI is InChI=1S/C20H18N4O4/c1-20(14-6-8-16(28-2)9-7-14)18(26)24(19(27)23-20)12-17(25)22-15-5-3-4-13(10-15)11-21/h3-10H,12H2,1-2H3,(H,22,25)(H,23,27). The number of hydrogen-bond acceptors (Lipinski definition) is 5. The normalized spacial score (nSPS) is 18.4. The summed E-state index contributed by atoms with van der Waals surface area (Å²) < 4.78 is 5.10. The number of methoxy groups -OCH3 is 1. The van der Waals surface area contributed by atoms with E-state index in [1.165, 1.54) is 13.2 Å². The predicted octanol–water partition coefficient (Wildman–Crippen LogP) is 1.97. The Balaban J connectivity index is 1.74. The van der Waals surface area contributed by atoms with Crippen molar-refractivity contribution < 1.29 is 19.1 Å². The van der Waals surface area contributed by atoms with Crippen LogP contribution in [0.5, 0.6) is 5.75 Å². The maximum Gasteiger partial charge on any atom is 0.325 e. The Hall–Kier alpha value is -3.86. The van der Waals surface area contributed by atoms with Gasteiger partial charge in [0.1, 0.15) is 17.8 Å². The number of urea groups is 1. The SMILES string of the molecule is COc1ccc(C2(C)NC(=O)N(CC(=O)Nc3cccc(C#N)c3)C2=O)cc1. The van der Waals surface area contributed by atoms with Crippen molar-refractivity contribution in [1.82, 2.24) is 10.2 Å². The number of benzene rings is 2. The molecule has 0 aliphatic carbocycles. The van der Waals surface area contributed by atoms with Crippen molar-refractivity contribution in [2.75, 3.05) is 19.0 Å². The highest BCUT2D eigenvalue weighted by atomic mass is 16.5. The molecular formula is C20H18N4O4. The fraction of sp³-hybridized carbons (Fsp3) is 0.200. The van der Waals surface area contributed by atoms with Crippen LogP contribution in [0.15, 0.2) is 48.5 Å². The highest BCUT2D eigenvalue weighted by Gasteiger charge is 2.49. The minimum atomic E-state index is -1.27. The molecule has 0 bridgehead atoms. The van der Waals surface area contributed by atoms with Gasteiger partial charge in [-0.3, -0.25) is 14.5 Å². The summed E-state index contributed by atoms with van der Waals surface area (Å²) >= 11 is 0. The van der Waals surface area contributed by atoms with Gasteiger partial charge in [-0.15, -0.1) is 0 Å². The van der Waals surface area contributed by atoms with E-state index >= 15 is 0 Å². The Morgan fingerprint density at radius 3 is 2.61 bits per heavy atom. The van der Waals surface area contributed by atoms with Crippen LogP contribution in [0.1, 0.15) is 18.1 Å². The van der Waals surface area contributed by atoms with Crippen LogP contribution in [0.25, 0.3) is 0 Å². The zero-order chi connectivity index (χ0) is 20.3.